The van der Waals surface area contributed by atoms with Gasteiger partial charge in [-0.1, -0.05) is 12.1 Å². The minimum Gasteiger partial charge on any atom is -0.207 e. The average Bonchev–Trinajstić information content (AvgIpc) is 2.04. The van der Waals surface area contributed by atoms with E-state index in [-0.39, 0.29) is 4.90 Å². The smallest absolute Gasteiger partial charge is 0.207 e. The van der Waals surface area contributed by atoms with E-state index in [2.05, 4.69) is 6.92 Å². The van der Waals surface area contributed by atoms with Crippen LogP contribution in [0.1, 0.15) is 5.56 Å². The number of rotatable bonds is 2. The summed E-state index contributed by atoms with van der Waals surface area (Å²) in [6.07, 6.45) is 0. The van der Waals surface area contributed by atoms with E-state index in [1.807, 2.05) is 0 Å². The lowest BCUT2D eigenvalue weighted by Gasteiger charge is -2.11. The maximum absolute atomic E-state index is 11.6. The number of sulfonamides is 1. The standard InChI is InChI=1S/C9H12NO2S/c1-8-5-4-6-9(7-8)13(11,12)10(2)3/h4-7H,1H2,2-3H3. The molecule has 0 spiro atoms. The van der Waals surface area contributed by atoms with Crippen LogP contribution in [0.5, 0.6) is 0 Å². The van der Waals surface area contributed by atoms with Gasteiger partial charge in [0.05, 0.1) is 4.90 Å². The fourth-order valence-electron chi connectivity index (χ4n) is 0.917. The van der Waals surface area contributed by atoms with Crippen molar-refractivity contribution < 1.29 is 8.42 Å². The molecule has 0 aromatic heterocycles. The summed E-state index contributed by atoms with van der Waals surface area (Å²) in [6.45, 7) is 3.67. The fourth-order valence-corrected chi connectivity index (χ4v) is 1.89. The molecule has 13 heavy (non-hydrogen) atoms. The normalized spacial score (nSPS) is 12.0. The zero-order valence-electron chi connectivity index (χ0n) is 7.69. The van der Waals surface area contributed by atoms with Gasteiger partial charge in [0.15, 0.2) is 0 Å². The topological polar surface area (TPSA) is 37.4 Å². The Hall–Kier alpha value is -0.870. The first-order valence-corrected chi connectivity index (χ1v) is 5.23. The van der Waals surface area contributed by atoms with Gasteiger partial charge in [-0.05, 0) is 24.6 Å². The average molecular weight is 198 g/mol. The minimum absolute atomic E-state index is 0.282. The highest BCUT2D eigenvalue weighted by atomic mass is 32.2. The van der Waals surface area contributed by atoms with Crippen LogP contribution < -0.4 is 0 Å². The molecule has 0 N–H and O–H groups in total. The van der Waals surface area contributed by atoms with Gasteiger partial charge in [-0.25, -0.2) is 12.7 Å². The SMILES string of the molecule is [CH2]c1cccc(S(=O)(=O)N(C)C)c1. The zero-order valence-corrected chi connectivity index (χ0v) is 8.50. The van der Waals surface area contributed by atoms with Crippen molar-refractivity contribution in [1.82, 2.24) is 4.31 Å². The second-order valence-electron chi connectivity index (χ2n) is 2.93. The largest absolute Gasteiger partial charge is 0.242 e. The number of nitrogens with zero attached hydrogens (tertiary/aromatic N) is 1. The highest BCUT2D eigenvalue weighted by molar-refractivity contribution is 7.89. The molecule has 3 nitrogen and oxygen atoms in total. The van der Waals surface area contributed by atoms with Crippen molar-refractivity contribution in [2.24, 2.45) is 0 Å². The molecule has 1 radical (unpaired) electrons. The second-order valence-corrected chi connectivity index (χ2v) is 5.09. The summed E-state index contributed by atoms with van der Waals surface area (Å²) >= 11 is 0. The summed E-state index contributed by atoms with van der Waals surface area (Å²) in [4.78, 5) is 0.282. The molecule has 0 aliphatic heterocycles. The van der Waals surface area contributed by atoms with Gasteiger partial charge in [0, 0.05) is 14.1 Å². The van der Waals surface area contributed by atoms with Crippen LogP contribution in [-0.2, 0) is 10.0 Å². The maximum atomic E-state index is 11.6. The molecule has 0 saturated heterocycles. The first-order valence-electron chi connectivity index (χ1n) is 3.79. The third kappa shape index (κ3) is 2.08. The van der Waals surface area contributed by atoms with Crippen LogP contribution in [0, 0.1) is 6.92 Å². The molecular formula is C9H12NO2S. The van der Waals surface area contributed by atoms with Gasteiger partial charge in [0.1, 0.15) is 0 Å². The number of benzene rings is 1. The first-order chi connectivity index (χ1) is 5.94. The van der Waals surface area contributed by atoms with E-state index in [0.717, 1.165) is 0 Å². The Morgan fingerprint density at radius 1 is 1.31 bits per heavy atom. The minimum atomic E-state index is -3.31. The molecule has 0 saturated carbocycles. The molecule has 1 rings (SSSR count). The van der Waals surface area contributed by atoms with Gasteiger partial charge in [0.25, 0.3) is 0 Å². The van der Waals surface area contributed by atoms with E-state index < -0.39 is 10.0 Å². The summed E-state index contributed by atoms with van der Waals surface area (Å²) in [5, 5.41) is 0. The molecule has 0 fully saturated rings. The first kappa shape index (κ1) is 10.2. The summed E-state index contributed by atoms with van der Waals surface area (Å²) in [6, 6.07) is 6.55. The molecule has 0 amide bonds. The van der Waals surface area contributed by atoms with Crippen LogP contribution >= 0.6 is 0 Å². The summed E-state index contributed by atoms with van der Waals surface area (Å²) in [7, 11) is -0.296. The molecule has 0 unspecified atom stereocenters. The Bertz CT molecular complexity index is 396. The lowest BCUT2D eigenvalue weighted by molar-refractivity contribution is 0.520. The predicted octanol–water partition coefficient (Wildman–Crippen LogP) is 1.12. The van der Waals surface area contributed by atoms with E-state index in [9.17, 15) is 8.42 Å². The van der Waals surface area contributed by atoms with Crippen molar-refractivity contribution in [3.63, 3.8) is 0 Å². The second kappa shape index (κ2) is 3.47. The highest BCUT2D eigenvalue weighted by Gasteiger charge is 2.16. The quantitative estimate of drug-likeness (QED) is 0.714. The van der Waals surface area contributed by atoms with Crippen molar-refractivity contribution in [1.29, 1.82) is 0 Å². The van der Waals surface area contributed by atoms with Crippen LogP contribution in [0.2, 0.25) is 0 Å². The fraction of sp³-hybridized carbons (Fsp3) is 0.222. The third-order valence-electron chi connectivity index (χ3n) is 1.68. The van der Waals surface area contributed by atoms with Crippen LogP contribution in [0.15, 0.2) is 29.2 Å². The molecule has 0 atom stereocenters. The maximum Gasteiger partial charge on any atom is 0.242 e. The van der Waals surface area contributed by atoms with E-state index in [1.165, 1.54) is 18.4 Å². The van der Waals surface area contributed by atoms with Gasteiger partial charge in [-0.15, -0.1) is 0 Å². The lowest BCUT2D eigenvalue weighted by Crippen LogP contribution is -2.22. The van der Waals surface area contributed by atoms with E-state index in [1.54, 1.807) is 24.3 Å². The zero-order chi connectivity index (χ0) is 10.1. The summed E-state index contributed by atoms with van der Waals surface area (Å²) in [5.41, 5.74) is 0.697. The third-order valence-corrected chi connectivity index (χ3v) is 3.49. The Morgan fingerprint density at radius 2 is 1.92 bits per heavy atom. The number of hydrogen-bond donors (Lipinski definition) is 0. The molecule has 0 aliphatic rings. The van der Waals surface area contributed by atoms with Crippen molar-refractivity contribution >= 4 is 10.0 Å². The highest BCUT2D eigenvalue weighted by Crippen LogP contribution is 2.13. The van der Waals surface area contributed by atoms with Crippen LogP contribution in [0.25, 0.3) is 0 Å². The Kier molecular flexibility index (Phi) is 2.73. The molecule has 1 aromatic rings. The molecule has 1 aromatic carbocycles. The Labute approximate surface area is 79.0 Å². The molecule has 0 bridgehead atoms. The predicted molar refractivity (Wildman–Crippen MR) is 51.8 cm³/mol. The number of hydrogen-bond acceptors (Lipinski definition) is 2. The van der Waals surface area contributed by atoms with Crippen molar-refractivity contribution in [2.75, 3.05) is 14.1 Å². The molecule has 0 heterocycles. The van der Waals surface area contributed by atoms with Crippen LogP contribution in [0.4, 0.5) is 0 Å². The summed E-state index contributed by atoms with van der Waals surface area (Å²) in [5.74, 6) is 0. The van der Waals surface area contributed by atoms with E-state index >= 15 is 0 Å². The lowest BCUT2D eigenvalue weighted by atomic mass is 10.2. The van der Waals surface area contributed by atoms with Gasteiger partial charge >= 0.3 is 0 Å². The van der Waals surface area contributed by atoms with Crippen LogP contribution in [0.3, 0.4) is 0 Å². The van der Waals surface area contributed by atoms with Crippen LogP contribution in [-0.4, -0.2) is 26.8 Å². The molecule has 4 heteroatoms. The van der Waals surface area contributed by atoms with E-state index in [4.69, 9.17) is 0 Å². The van der Waals surface area contributed by atoms with E-state index in [0.29, 0.717) is 5.56 Å². The monoisotopic (exact) mass is 198 g/mol. The van der Waals surface area contributed by atoms with Gasteiger partial charge in [0.2, 0.25) is 10.0 Å². The summed E-state index contributed by atoms with van der Waals surface area (Å²) < 4.78 is 24.3. The Balaban J connectivity index is 3.24. The molecular weight excluding hydrogens is 186 g/mol. The van der Waals surface area contributed by atoms with Gasteiger partial charge < -0.3 is 0 Å². The van der Waals surface area contributed by atoms with Gasteiger partial charge in [-0.3, -0.25) is 0 Å². The van der Waals surface area contributed by atoms with Gasteiger partial charge in [-0.2, -0.15) is 0 Å². The Morgan fingerprint density at radius 3 is 2.38 bits per heavy atom. The van der Waals surface area contributed by atoms with Crippen molar-refractivity contribution in [2.45, 2.75) is 4.90 Å². The van der Waals surface area contributed by atoms with Crippen molar-refractivity contribution in [3.8, 4) is 0 Å². The van der Waals surface area contributed by atoms with Crippen molar-refractivity contribution in [3.05, 3.63) is 36.8 Å². The molecule has 0 aliphatic carbocycles. The molecule has 71 valence electrons.